The molecular formula is C18H15N3O3S2. The number of amides is 2. The van der Waals surface area contributed by atoms with Crippen LogP contribution in [0.4, 0.5) is 11.4 Å². The van der Waals surface area contributed by atoms with E-state index >= 15 is 0 Å². The Labute approximate surface area is 157 Å². The second-order valence-corrected chi connectivity index (χ2v) is 7.64. The van der Waals surface area contributed by atoms with Gasteiger partial charge in [-0.05, 0) is 43.5 Å². The highest BCUT2D eigenvalue weighted by Gasteiger charge is 2.24. The number of hydrogen-bond acceptors (Lipinski definition) is 6. The number of aromatic nitrogens is 1. The van der Waals surface area contributed by atoms with Crippen molar-refractivity contribution < 1.29 is 14.3 Å². The van der Waals surface area contributed by atoms with Gasteiger partial charge in [0.2, 0.25) is 0 Å². The lowest BCUT2D eigenvalue weighted by Gasteiger charge is -2.23. The lowest BCUT2D eigenvalue weighted by molar-refractivity contribution is -0.122. The van der Waals surface area contributed by atoms with Crippen molar-refractivity contribution in [2.45, 2.75) is 20.0 Å². The molecule has 0 saturated heterocycles. The average molecular weight is 385 g/mol. The van der Waals surface area contributed by atoms with Crippen molar-refractivity contribution in [2.75, 3.05) is 10.6 Å². The number of benzene rings is 1. The van der Waals surface area contributed by atoms with E-state index in [1.807, 2.05) is 23.8 Å². The number of thiophene rings is 1. The summed E-state index contributed by atoms with van der Waals surface area (Å²) < 4.78 is 5.52. The van der Waals surface area contributed by atoms with Crippen LogP contribution in [-0.2, 0) is 4.79 Å². The van der Waals surface area contributed by atoms with Crippen molar-refractivity contribution in [1.82, 2.24) is 4.98 Å². The van der Waals surface area contributed by atoms with E-state index in [9.17, 15) is 9.59 Å². The Kier molecular flexibility index (Phi) is 4.21. The molecule has 26 heavy (non-hydrogen) atoms. The number of thiazole rings is 1. The molecule has 0 fully saturated rings. The Balaban J connectivity index is 1.56. The molecule has 132 valence electrons. The second-order valence-electron chi connectivity index (χ2n) is 5.86. The fraction of sp³-hybridized carbons (Fsp3) is 0.167. The van der Waals surface area contributed by atoms with Gasteiger partial charge in [0, 0.05) is 16.6 Å². The zero-order chi connectivity index (χ0) is 18.3. The molecule has 0 aliphatic carbocycles. The van der Waals surface area contributed by atoms with E-state index in [4.69, 9.17) is 4.74 Å². The first-order valence-electron chi connectivity index (χ1n) is 7.94. The first-order chi connectivity index (χ1) is 12.5. The summed E-state index contributed by atoms with van der Waals surface area (Å²) in [4.78, 5) is 29.4. The summed E-state index contributed by atoms with van der Waals surface area (Å²) >= 11 is 2.96. The van der Waals surface area contributed by atoms with E-state index in [0.717, 1.165) is 10.6 Å². The first kappa shape index (κ1) is 16.7. The van der Waals surface area contributed by atoms with Crippen molar-refractivity contribution in [3.05, 3.63) is 45.6 Å². The number of rotatable bonds is 3. The summed E-state index contributed by atoms with van der Waals surface area (Å²) in [7, 11) is 0. The molecule has 3 heterocycles. The molecule has 1 aliphatic rings. The molecule has 6 nitrogen and oxygen atoms in total. The standard InChI is InChI=1S/C18H15N3O3S2/c1-9-15(26-18(19-9)11-5-6-25-8-11)17(23)20-12-3-4-14-13(7-12)21-16(22)10(2)24-14/h3-8,10H,1-2H3,(H,20,23)(H,21,22)/t10-/m0/s1. The first-order valence-corrected chi connectivity index (χ1v) is 9.70. The van der Waals surface area contributed by atoms with Gasteiger partial charge in [0.05, 0.1) is 11.4 Å². The van der Waals surface area contributed by atoms with Crippen LogP contribution in [0.3, 0.4) is 0 Å². The van der Waals surface area contributed by atoms with Gasteiger partial charge in [0.25, 0.3) is 11.8 Å². The van der Waals surface area contributed by atoms with Crippen LogP contribution in [-0.4, -0.2) is 22.9 Å². The van der Waals surface area contributed by atoms with Gasteiger partial charge in [-0.2, -0.15) is 11.3 Å². The number of anilines is 2. The quantitative estimate of drug-likeness (QED) is 0.710. The maximum absolute atomic E-state index is 12.6. The van der Waals surface area contributed by atoms with Crippen LogP contribution >= 0.6 is 22.7 Å². The van der Waals surface area contributed by atoms with Gasteiger partial charge in [-0.25, -0.2) is 4.98 Å². The number of nitrogens with one attached hydrogen (secondary N) is 2. The summed E-state index contributed by atoms with van der Waals surface area (Å²) in [6.07, 6.45) is -0.529. The number of fused-ring (bicyclic) bond motifs is 1. The molecule has 0 bridgehead atoms. The Morgan fingerprint density at radius 3 is 2.96 bits per heavy atom. The van der Waals surface area contributed by atoms with Crippen molar-refractivity contribution in [3.8, 4) is 16.3 Å². The molecule has 8 heteroatoms. The molecular weight excluding hydrogens is 370 g/mol. The van der Waals surface area contributed by atoms with Crippen LogP contribution < -0.4 is 15.4 Å². The third-order valence-corrected chi connectivity index (χ3v) is 5.83. The number of nitrogens with zero attached hydrogens (tertiary/aromatic N) is 1. The van der Waals surface area contributed by atoms with Gasteiger partial charge in [0.15, 0.2) is 6.10 Å². The number of hydrogen-bond donors (Lipinski definition) is 2. The lowest BCUT2D eigenvalue weighted by Crippen LogP contribution is -2.34. The number of carbonyl (C=O) groups is 2. The van der Waals surface area contributed by atoms with E-state index in [0.29, 0.717) is 27.7 Å². The predicted molar refractivity (Wildman–Crippen MR) is 103 cm³/mol. The number of ether oxygens (including phenoxy) is 1. The van der Waals surface area contributed by atoms with Gasteiger partial charge in [-0.1, -0.05) is 0 Å². The van der Waals surface area contributed by atoms with Crippen LogP contribution in [0, 0.1) is 6.92 Å². The largest absolute Gasteiger partial charge is 0.479 e. The highest BCUT2D eigenvalue weighted by atomic mass is 32.1. The third kappa shape index (κ3) is 3.09. The minimum atomic E-state index is -0.529. The Morgan fingerprint density at radius 1 is 1.35 bits per heavy atom. The highest BCUT2D eigenvalue weighted by molar-refractivity contribution is 7.17. The van der Waals surface area contributed by atoms with Crippen molar-refractivity contribution in [3.63, 3.8) is 0 Å². The Morgan fingerprint density at radius 2 is 2.19 bits per heavy atom. The molecule has 4 rings (SSSR count). The van der Waals surface area contributed by atoms with Gasteiger partial charge in [-0.15, -0.1) is 11.3 Å². The summed E-state index contributed by atoms with van der Waals surface area (Å²) in [6, 6.07) is 7.15. The molecule has 2 amide bonds. The van der Waals surface area contributed by atoms with Crippen molar-refractivity contribution in [2.24, 2.45) is 0 Å². The molecule has 0 unspecified atom stereocenters. The molecule has 1 atom stereocenters. The van der Waals surface area contributed by atoms with E-state index in [1.54, 1.807) is 36.5 Å². The van der Waals surface area contributed by atoms with Gasteiger partial charge < -0.3 is 15.4 Å². The zero-order valence-corrected chi connectivity index (χ0v) is 15.7. The van der Waals surface area contributed by atoms with Crippen LogP contribution in [0.2, 0.25) is 0 Å². The van der Waals surface area contributed by atoms with Crippen LogP contribution in [0.25, 0.3) is 10.6 Å². The van der Waals surface area contributed by atoms with E-state index in [1.165, 1.54) is 11.3 Å². The molecule has 1 aromatic carbocycles. The molecule has 1 aliphatic heterocycles. The fourth-order valence-electron chi connectivity index (χ4n) is 2.59. The van der Waals surface area contributed by atoms with E-state index in [2.05, 4.69) is 15.6 Å². The predicted octanol–water partition coefficient (Wildman–Crippen LogP) is 4.15. The van der Waals surface area contributed by atoms with Crippen molar-refractivity contribution >= 4 is 45.9 Å². The second kappa shape index (κ2) is 6.54. The normalized spacial score (nSPS) is 15.8. The van der Waals surface area contributed by atoms with Crippen LogP contribution in [0.15, 0.2) is 35.0 Å². The average Bonchev–Trinajstić information content (AvgIpc) is 3.25. The van der Waals surface area contributed by atoms with Crippen LogP contribution in [0.1, 0.15) is 22.3 Å². The maximum atomic E-state index is 12.6. The van der Waals surface area contributed by atoms with Gasteiger partial charge in [-0.3, -0.25) is 9.59 Å². The topological polar surface area (TPSA) is 80.3 Å². The summed E-state index contributed by atoms with van der Waals surface area (Å²) in [6.45, 7) is 3.51. The fourth-order valence-corrected chi connectivity index (χ4v) is 4.26. The minimum absolute atomic E-state index is 0.209. The zero-order valence-electron chi connectivity index (χ0n) is 14.0. The molecule has 2 aromatic heterocycles. The van der Waals surface area contributed by atoms with E-state index in [-0.39, 0.29) is 11.8 Å². The maximum Gasteiger partial charge on any atom is 0.267 e. The molecule has 2 N–H and O–H groups in total. The lowest BCUT2D eigenvalue weighted by atomic mass is 10.2. The smallest absolute Gasteiger partial charge is 0.267 e. The Bertz CT molecular complexity index is 995. The summed E-state index contributed by atoms with van der Waals surface area (Å²) in [5, 5.41) is 10.5. The number of carbonyl (C=O) groups excluding carboxylic acids is 2. The molecule has 3 aromatic rings. The van der Waals surface area contributed by atoms with Crippen LogP contribution in [0.5, 0.6) is 5.75 Å². The summed E-state index contributed by atoms with van der Waals surface area (Å²) in [5.74, 6) is 0.154. The Hall–Kier alpha value is -2.71. The number of aryl methyl sites for hydroxylation is 1. The monoisotopic (exact) mass is 385 g/mol. The van der Waals surface area contributed by atoms with Gasteiger partial charge >= 0.3 is 0 Å². The summed E-state index contributed by atoms with van der Waals surface area (Å²) in [5.41, 5.74) is 2.84. The molecule has 0 radical (unpaired) electrons. The molecule has 0 spiro atoms. The SMILES string of the molecule is Cc1nc(-c2ccsc2)sc1C(=O)Nc1ccc2c(c1)NC(=O)[C@H](C)O2. The van der Waals surface area contributed by atoms with Gasteiger partial charge in [0.1, 0.15) is 15.6 Å². The third-order valence-electron chi connectivity index (χ3n) is 3.94. The minimum Gasteiger partial charge on any atom is -0.479 e. The highest BCUT2D eigenvalue weighted by Crippen LogP contribution is 2.33. The molecule has 0 saturated carbocycles. The van der Waals surface area contributed by atoms with E-state index < -0.39 is 6.10 Å². The van der Waals surface area contributed by atoms with Crippen molar-refractivity contribution in [1.29, 1.82) is 0 Å².